The van der Waals surface area contributed by atoms with Crippen LogP contribution >= 0.6 is 0 Å². The molecule has 0 aromatic carbocycles. The van der Waals surface area contributed by atoms with Crippen molar-refractivity contribution in [2.75, 3.05) is 32.7 Å². The fourth-order valence-electron chi connectivity index (χ4n) is 3.18. The maximum atomic E-state index is 12.4. The zero-order valence-electron chi connectivity index (χ0n) is 11.9. The molecule has 0 aromatic rings. The van der Waals surface area contributed by atoms with Crippen LogP contribution in [0.2, 0.25) is 0 Å². The molecule has 1 saturated heterocycles. The first kappa shape index (κ1) is 13.9. The highest BCUT2D eigenvalue weighted by Crippen LogP contribution is 2.25. The second-order valence-corrected chi connectivity index (χ2v) is 5.86. The molecule has 2 rings (SSSR count). The quantitative estimate of drug-likeness (QED) is 0.767. The van der Waals surface area contributed by atoms with Crippen LogP contribution in [0.15, 0.2) is 0 Å². The summed E-state index contributed by atoms with van der Waals surface area (Å²) in [4.78, 5) is 17.0. The molecular weight excluding hydrogens is 224 g/mol. The number of carbonyl (C=O) groups excluding carboxylic acids is 1. The van der Waals surface area contributed by atoms with Crippen molar-refractivity contribution in [3.63, 3.8) is 0 Å². The van der Waals surface area contributed by atoms with Gasteiger partial charge in [0.2, 0.25) is 5.91 Å². The molecule has 1 aliphatic heterocycles. The number of carbonyl (C=O) groups is 1. The van der Waals surface area contributed by atoms with Gasteiger partial charge in [0.25, 0.3) is 0 Å². The lowest BCUT2D eigenvalue weighted by molar-refractivity contribution is -0.138. The Kier molecular flexibility index (Phi) is 5.48. The molecule has 0 bridgehead atoms. The number of hydrogen-bond acceptors (Lipinski definition) is 2. The topological polar surface area (TPSA) is 23.6 Å². The van der Waals surface area contributed by atoms with E-state index in [2.05, 4.69) is 16.7 Å². The Morgan fingerprint density at radius 1 is 1.06 bits per heavy atom. The Hall–Kier alpha value is -0.570. The lowest BCUT2D eigenvalue weighted by atomic mass is 9.88. The molecule has 0 aromatic heterocycles. The van der Waals surface area contributed by atoms with Crippen molar-refractivity contribution in [3.05, 3.63) is 0 Å². The highest BCUT2D eigenvalue weighted by Gasteiger charge is 2.28. The molecule has 3 nitrogen and oxygen atoms in total. The Labute approximate surface area is 112 Å². The van der Waals surface area contributed by atoms with Gasteiger partial charge in [-0.15, -0.1) is 0 Å². The zero-order chi connectivity index (χ0) is 12.8. The summed E-state index contributed by atoms with van der Waals surface area (Å²) in [6.07, 6.45) is 8.66. The summed E-state index contributed by atoms with van der Waals surface area (Å²) in [7, 11) is 0. The number of unbranched alkanes of at least 4 members (excludes halogenated alkanes) is 1. The standard InChI is InChI=1S/C15H28N2O/c1-2-3-9-16-10-12-17(13-11-16)15(18)14-7-5-4-6-8-14/h14H,2-13H2,1H3. The zero-order valence-corrected chi connectivity index (χ0v) is 11.9. The van der Waals surface area contributed by atoms with Gasteiger partial charge in [-0.2, -0.15) is 0 Å². The number of nitrogens with zero attached hydrogens (tertiary/aromatic N) is 2. The average Bonchev–Trinajstić information content (AvgIpc) is 2.46. The van der Waals surface area contributed by atoms with Crippen LogP contribution in [-0.4, -0.2) is 48.4 Å². The van der Waals surface area contributed by atoms with E-state index in [1.165, 1.54) is 38.6 Å². The van der Waals surface area contributed by atoms with E-state index < -0.39 is 0 Å². The molecular formula is C15H28N2O. The van der Waals surface area contributed by atoms with E-state index >= 15 is 0 Å². The Morgan fingerprint density at radius 3 is 2.33 bits per heavy atom. The van der Waals surface area contributed by atoms with Gasteiger partial charge in [0.05, 0.1) is 0 Å². The van der Waals surface area contributed by atoms with E-state index in [9.17, 15) is 4.79 Å². The van der Waals surface area contributed by atoms with Crippen LogP contribution in [0.5, 0.6) is 0 Å². The van der Waals surface area contributed by atoms with Crippen LogP contribution in [0, 0.1) is 5.92 Å². The van der Waals surface area contributed by atoms with E-state index in [4.69, 9.17) is 0 Å². The lowest BCUT2D eigenvalue weighted by Gasteiger charge is -2.37. The van der Waals surface area contributed by atoms with Gasteiger partial charge in [0.15, 0.2) is 0 Å². The molecule has 0 radical (unpaired) electrons. The van der Waals surface area contributed by atoms with Gasteiger partial charge in [-0.3, -0.25) is 9.69 Å². The fraction of sp³-hybridized carbons (Fsp3) is 0.933. The van der Waals surface area contributed by atoms with E-state index in [-0.39, 0.29) is 0 Å². The summed E-state index contributed by atoms with van der Waals surface area (Å²) in [5.74, 6) is 0.797. The first-order valence-electron chi connectivity index (χ1n) is 7.82. The minimum atomic E-state index is 0.348. The Balaban J connectivity index is 1.73. The molecule has 3 heteroatoms. The summed E-state index contributed by atoms with van der Waals surface area (Å²) in [6.45, 7) is 7.53. The third-order valence-electron chi connectivity index (χ3n) is 4.47. The van der Waals surface area contributed by atoms with Crippen molar-refractivity contribution in [2.45, 2.75) is 51.9 Å². The maximum absolute atomic E-state index is 12.4. The first-order chi connectivity index (χ1) is 8.81. The summed E-state index contributed by atoms with van der Waals surface area (Å²) in [6, 6.07) is 0. The minimum Gasteiger partial charge on any atom is -0.340 e. The van der Waals surface area contributed by atoms with Crippen LogP contribution < -0.4 is 0 Å². The van der Waals surface area contributed by atoms with Gasteiger partial charge in [0, 0.05) is 32.1 Å². The first-order valence-corrected chi connectivity index (χ1v) is 7.82. The maximum Gasteiger partial charge on any atom is 0.225 e. The molecule has 0 atom stereocenters. The molecule has 18 heavy (non-hydrogen) atoms. The van der Waals surface area contributed by atoms with E-state index in [1.807, 2.05) is 0 Å². The van der Waals surface area contributed by atoms with Crippen molar-refractivity contribution in [2.24, 2.45) is 5.92 Å². The van der Waals surface area contributed by atoms with Gasteiger partial charge < -0.3 is 4.90 Å². The SMILES string of the molecule is CCCCN1CCN(C(=O)C2CCCCC2)CC1. The lowest BCUT2D eigenvalue weighted by Crippen LogP contribution is -2.50. The van der Waals surface area contributed by atoms with E-state index in [0.717, 1.165) is 39.0 Å². The van der Waals surface area contributed by atoms with Gasteiger partial charge in [-0.05, 0) is 25.8 Å². The van der Waals surface area contributed by atoms with Crippen LogP contribution in [0.4, 0.5) is 0 Å². The van der Waals surface area contributed by atoms with Crippen molar-refractivity contribution >= 4 is 5.91 Å². The van der Waals surface area contributed by atoms with Crippen LogP contribution in [0.1, 0.15) is 51.9 Å². The molecule has 1 saturated carbocycles. The Morgan fingerprint density at radius 2 is 1.72 bits per heavy atom. The highest BCUT2D eigenvalue weighted by atomic mass is 16.2. The molecule has 0 unspecified atom stereocenters. The monoisotopic (exact) mass is 252 g/mol. The smallest absolute Gasteiger partial charge is 0.225 e. The van der Waals surface area contributed by atoms with Gasteiger partial charge in [0.1, 0.15) is 0 Å². The van der Waals surface area contributed by atoms with Gasteiger partial charge in [-0.1, -0.05) is 32.6 Å². The molecule has 0 spiro atoms. The van der Waals surface area contributed by atoms with E-state index in [1.54, 1.807) is 0 Å². The molecule has 1 aliphatic carbocycles. The molecule has 1 heterocycles. The number of amides is 1. The van der Waals surface area contributed by atoms with Crippen molar-refractivity contribution in [1.29, 1.82) is 0 Å². The molecule has 0 N–H and O–H groups in total. The van der Waals surface area contributed by atoms with Gasteiger partial charge >= 0.3 is 0 Å². The van der Waals surface area contributed by atoms with Crippen molar-refractivity contribution < 1.29 is 4.79 Å². The fourth-order valence-corrected chi connectivity index (χ4v) is 3.18. The summed E-state index contributed by atoms with van der Waals surface area (Å²) in [5.41, 5.74) is 0. The van der Waals surface area contributed by atoms with Crippen LogP contribution in [-0.2, 0) is 4.79 Å². The predicted octanol–water partition coefficient (Wildman–Crippen LogP) is 2.51. The van der Waals surface area contributed by atoms with Crippen molar-refractivity contribution in [1.82, 2.24) is 9.80 Å². The predicted molar refractivity (Wildman–Crippen MR) is 74.5 cm³/mol. The average molecular weight is 252 g/mol. The summed E-state index contributed by atoms with van der Waals surface area (Å²) in [5, 5.41) is 0. The van der Waals surface area contributed by atoms with Crippen LogP contribution in [0.25, 0.3) is 0 Å². The summed E-state index contributed by atoms with van der Waals surface area (Å²) >= 11 is 0. The third-order valence-corrected chi connectivity index (χ3v) is 4.47. The molecule has 2 fully saturated rings. The largest absolute Gasteiger partial charge is 0.340 e. The van der Waals surface area contributed by atoms with Crippen LogP contribution in [0.3, 0.4) is 0 Å². The number of piperazine rings is 1. The van der Waals surface area contributed by atoms with Crippen molar-refractivity contribution in [3.8, 4) is 0 Å². The second-order valence-electron chi connectivity index (χ2n) is 5.86. The number of rotatable bonds is 4. The molecule has 2 aliphatic rings. The molecule has 1 amide bonds. The summed E-state index contributed by atoms with van der Waals surface area (Å²) < 4.78 is 0. The van der Waals surface area contributed by atoms with Gasteiger partial charge in [-0.25, -0.2) is 0 Å². The van der Waals surface area contributed by atoms with E-state index in [0.29, 0.717) is 11.8 Å². The normalized spacial score (nSPS) is 23.3. The second kappa shape index (κ2) is 7.13. The minimum absolute atomic E-state index is 0.348. The Bertz CT molecular complexity index is 253. The molecule has 104 valence electrons. The number of hydrogen-bond donors (Lipinski definition) is 0. The third kappa shape index (κ3) is 3.71. The highest BCUT2D eigenvalue weighted by molar-refractivity contribution is 5.79.